The number of aromatic amines is 1. The summed E-state index contributed by atoms with van der Waals surface area (Å²) in [6.45, 7) is 1.95. The SMILES string of the molecule is CCCCC(=O)NN=Cc1c(O)n(-c2ccc(Cl)cc2)c(=O)[nH]c1=O. The number of carbonyl (C=O) groups is 1. The molecule has 0 aliphatic heterocycles. The van der Waals surface area contributed by atoms with Gasteiger partial charge in [0, 0.05) is 11.4 Å². The molecular weight excluding hydrogens is 348 g/mol. The highest BCUT2D eigenvalue weighted by Gasteiger charge is 2.14. The van der Waals surface area contributed by atoms with E-state index in [4.69, 9.17) is 11.6 Å². The van der Waals surface area contributed by atoms with E-state index in [0.717, 1.165) is 17.2 Å². The highest BCUT2D eigenvalue weighted by Crippen LogP contribution is 2.17. The molecule has 0 radical (unpaired) electrons. The summed E-state index contributed by atoms with van der Waals surface area (Å²) in [4.78, 5) is 37.5. The Morgan fingerprint density at radius 1 is 1.36 bits per heavy atom. The Hall–Kier alpha value is -2.87. The molecule has 0 unspecified atom stereocenters. The lowest BCUT2D eigenvalue weighted by atomic mass is 10.2. The average Bonchev–Trinajstić information content (AvgIpc) is 2.57. The van der Waals surface area contributed by atoms with Crippen molar-refractivity contribution in [3.63, 3.8) is 0 Å². The standard InChI is InChI=1S/C16H17ClN4O4/c1-2-3-4-13(22)20-18-9-12-14(23)19-16(25)21(15(12)24)11-7-5-10(17)6-8-11/h5-9,24H,2-4H2,1H3,(H,20,22)(H,19,23,25). The molecular formula is C16H17ClN4O4. The van der Waals surface area contributed by atoms with Crippen LogP contribution in [0.25, 0.3) is 5.69 Å². The number of carbonyl (C=O) groups excluding carboxylic acids is 1. The predicted molar refractivity (Wildman–Crippen MR) is 94.6 cm³/mol. The summed E-state index contributed by atoms with van der Waals surface area (Å²) in [6, 6.07) is 6.09. The molecule has 0 aliphatic rings. The van der Waals surface area contributed by atoms with Crippen LogP contribution in [0.5, 0.6) is 5.88 Å². The van der Waals surface area contributed by atoms with Crippen LogP contribution in [-0.4, -0.2) is 26.8 Å². The number of hydrazone groups is 1. The Morgan fingerprint density at radius 2 is 2.04 bits per heavy atom. The summed E-state index contributed by atoms with van der Waals surface area (Å²) >= 11 is 5.80. The molecule has 132 valence electrons. The topological polar surface area (TPSA) is 117 Å². The molecule has 0 spiro atoms. The van der Waals surface area contributed by atoms with Gasteiger partial charge in [0.2, 0.25) is 11.8 Å². The molecule has 0 saturated carbocycles. The molecule has 2 rings (SSSR count). The molecule has 25 heavy (non-hydrogen) atoms. The van der Waals surface area contributed by atoms with Gasteiger partial charge in [0.05, 0.1) is 11.9 Å². The van der Waals surface area contributed by atoms with Gasteiger partial charge in [-0.05, 0) is 30.7 Å². The van der Waals surface area contributed by atoms with Crippen molar-refractivity contribution in [1.82, 2.24) is 15.0 Å². The lowest BCUT2D eigenvalue weighted by molar-refractivity contribution is -0.121. The molecule has 1 aromatic heterocycles. The van der Waals surface area contributed by atoms with Crippen molar-refractivity contribution in [3.8, 4) is 11.6 Å². The summed E-state index contributed by atoms with van der Waals surface area (Å²) < 4.78 is 0.901. The second kappa shape index (κ2) is 8.29. The maximum absolute atomic E-state index is 12.0. The van der Waals surface area contributed by atoms with Gasteiger partial charge >= 0.3 is 5.69 Å². The molecule has 9 heteroatoms. The summed E-state index contributed by atoms with van der Waals surface area (Å²) in [5.41, 5.74) is 0.683. The number of H-pyrrole nitrogens is 1. The number of hydrogen-bond acceptors (Lipinski definition) is 5. The summed E-state index contributed by atoms with van der Waals surface area (Å²) in [6.07, 6.45) is 2.88. The molecule has 1 aromatic carbocycles. The van der Waals surface area contributed by atoms with Crippen molar-refractivity contribution < 1.29 is 9.90 Å². The Morgan fingerprint density at radius 3 is 2.68 bits per heavy atom. The van der Waals surface area contributed by atoms with E-state index in [1.165, 1.54) is 24.3 Å². The fourth-order valence-electron chi connectivity index (χ4n) is 2.05. The van der Waals surface area contributed by atoms with Gasteiger partial charge in [-0.1, -0.05) is 24.9 Å². The number of hydrogen-bond donors (Lipinski definition) is 3. The lowest BCUT2D eigenvalue weighted by Crippen LogP contribution is -2.31. The van der Waals surface area contributed by atoms with E-state index in [2.05, 4.69) is 15.5 Å². The van der Waals surface area contributed by atoms with Crippen molar-refractivity contribution in [2.75, 3.05) is 0 Å². The summed E-state index contributed by atoms with van der Waals surface area (Å²) in [7, 11) is 0. The number of aromatic nitrogens is 2. The smallest absolute Gasteiger partial charge is 0.335 e. The van der Waals surface area contributed by atoms with Crippen LogP contribution >= 0.6 is 11.6 Å². The monoisotopic (exact) mass is 364 g/mol. The first kappa shape index (κ1) is 18.5. The van der Waals surface area contributed by atoms with Gasteiger partial charge in [0.1, 0.15) is 5.56 Å². The minimum Gasteiger partial charge on any atom is -0.493 e. The van der Waals surface area contributed by atoms with E-state index < -0.39 is 17.1 Å². The molecule has 2 aromatic rings. The number of unbranched alkanes of at least 4 members (excludes halogenated alkanes) is 1. The van der Waals surface area contributed by atoms with Gasteiger partial charge in [0.25, 0.3) is 5.56 Å². The summed E-state index contributed by atoms with van der Waals surface area (Å²) in [5, 5.41) is 14.4. The van der Waals surface area contributed by atoms with E-state index in [9.17, 15) is 19.5 Å². The zero-order valence-corrected chi connectivity index (χ0v) is 14.2. The first-order chi connectivity index (χ1) is 11.9. The van der Waals surface area contributed by atoms with Crippen LogP contribution in [0.4, 0.5) is 0 Å². The van der Waals surface area contributed by atoms with Crippen molar-refractivity contribution >= 4 is 23.7 Å². The van der Waals surface area contributed by atoms with E-state index >= 15 is 0 Å². The Labute approximate surface area is 147 Å². The van der Waals surface area contributed by atoms with Crippen LogP contribution in [0.15, 0.2) is 39.0 Å². The van der Waals surface area contributed by atoms with Gasteiger partial charge in [-0.3, -0.25) is 14.6 Å². The maximum Gasteiger partial charge on any atom is 0.335 e. The van der Waals surface area contributed by atoms with Crippen molar-refractivity contribution in [1.29, 1.82) is 0 Å². The third-order valence-corrected chi connectivity index (χ3v) is 3.60. The maximum atomic E-state index is 12.0. The Kier molecular flexibility index (Phi) is 6.13. The number of benzene rings is 1. The van der Waals surface area contributed by atoms with E-state index in [1.807, 2.05) is 6.92 Å². The van der Waals surface area contributed by atoms with Crippen molar-refractivity contribution in [2.24, 2.45) is 5.10 Å². The number of halogens is 1. The first-order valence-corrected chi connectivity index (χ1v) is 7.98. The fourth-order valence-corrected chi connectivity index (χ4v) is 2.17. The number of nitrogens with zero attached hydrogens (tertiary/aromatic N) is 2. The van der Waals surface area contributed by atoms with Gasteiger partial charge < -0.3 is 5.11 Å². The van der Waals surface area contributed by atoms with Crippen LogP contribution in [0.3, 0.4) is 0 Å². The van der Waals surface area contributed by atoms with Gasteiger partial charge in [0.15, 0.2) is 0 Å². The normalized spacial score (nSPS) is 11.0. The minimum atomic E-state index is -0.820. The largest absolute Gasteiger partial charge is 0.493 e. The van der Waals surface area contributed by atoms with Gasteiger partial charge in [-0.15, -0.1) is 0 Å². The van der Waals surface area contributed by atoms with Gasteiger partial charge in [-0.2, -0.15) is 5.10 Å². The highest BCUT2D eigenvalue weighted by molar-refractivity contribution is 6.30. The second-order valence-corrected chi connectivity index (χ2v) is 5.64. The molecule has 1 heterocycles. The van der Waals surface area contributed by atoms with Gasteiger partial charge in [-0.25, -0.2) is 14.8 Å². The predicted octanol–water partition coefficient (Wildman–Crippen LogP) is 1.53. The fraction of sp³-hybridized carbons (Fsp3) is 0.250. The minimum absolute atomic E-state index is 0.259. The molecule has 3 N–H and O–H groups in total. The molecule has 0 saturated heterocycles. The zero-order valence-electron chi connectivity index (χ0n) is 13.5. The molecule has 0 bridgehead atoms. The second-order valence-electron chi connectivity index (χ2n) is 5.21. The average molecular weight is 365 g/mol. The third kappa shape index (κ3) is 4.57. The number of nitrogens with one attached hydrogen (secondary N) is 2. The van der Waals surface area contributed by atoms with Crippen LogP contribution < -0.4 is 16.7 Å². The first-order valence-electron chi connectivity index (χ1n) is 7.60. The van der Waals surface area contributed by atoms with E-state index in [-0.39, 0.29) is 11.5 Å². The van der Waals surface area contributed by atoms with Crippen molar-refractivity contribution in [2.45, 2.75) is 26.2 Å². The van der Waals surface area contributed by atoms with Crippen LogP contribution in [0, 0.1) is 0 Å². The van der Waals surface area contributed by atoms with E-state index in [1.54, 1.807) is 0 Å². The van der Waals surface area contributed by atoms with Crippen LogP contribution in [0.1, 0.15) is 31.7 Å². The molecule has 8 nitrogen and oxygen atoms in total. The quantitative estimate of drug-likeness (QED) is 0.532. The summed E-state index contributed by atoms with van der Waals surface area (Å²) in [5.74, 6) is -0.900. The Bertz CT molecular complexity index is 900. The molecule has 0 aliphatic carbocycles. The Balaban J connectivity index is 2.35. The van der Waals surface area contributed by atoms with Crippen molar-refractivity contribution in [3.05, 3.63) is 55.7 Å². The number of rotatable bonds is 6. The molecule has 0 atom stereocenters. The lowest BCUT2D eigenvalue weighted by Gasteiger charge is -2.09. The third-order valence-electron chi connectivity index (χ3n) is 3.35. The molecule has 0 fully saturated rings. The van der Waals surface area contributed by atoms with Crippen LogP contribution in [0.2, 0.25) is 5.02 Å². The number of amides is 1. The molecule has 1 amide bonds. The zero-order chi connectivity index (χ0) is 18.4. The van der Waals surface area contributed by atoms with Crippen LogP contribution in [-0.2, 0) is 4.79 Å². The highest BCUT2D eigenvalue weighted by atomic mass is 35.5. The van der Waals surface area contributed by atoms with E-state index in [0.29, 0.717) is 23.6 Å². The number of aromatic hydroxyl groups is 1.